The van der Waals surface area contributed by atoms with E-state index in [9.17, 15) is 22.4 Å². The van der Waals surface area contributed by atoms with Gasteiger partial charge in [-0.3, -0.25) is 4.79 Å². The molecule has 0 amide bonds. The van der Waals surface area contributed by atoms with E-state index >= 15 is 0 Å². The smallest absolute Gasteiger partial charge is 0.358 e. The zero-order valence-corrected chi connectivity index (χ0v) is 9.79. The van der Waals surface area contributed by atoms with E-state index in [-0.39, 0.29) is 5.56 Å². The molecule has 6 heteroatoms. The van der Waals surface area contributed by atoms with Gasteiger partial charge in [-0.15, -0.1) is 0 Å². The molecule has 0 aliphatic heterocycles. The normalized spacial score (nSPS) is 15.2. The van der Waals surface area contributed by atoms with Gasteiger partial charge in [-0.05, 0) is 38.1 Å². The minimum Gasteiger partial charge on any atom is -0.358 e. The van der Waals surface area contributed by atoms with Gasteiger partial charge in [0.25, 0.3) is 0 Å². The Bertz CT molecular complexity index is 411. The Morgan fingerprint density at radius 2 is 1.67 bits per heavy atom. The minimum atomic E-state index is -4.52. The first-order valence-electron chi connectivity index (χ1n) is 5.23. The maximum Gasteiger partial charge on any atom is 0.414 e. The number of ketones is 1. The van der Waals surface area contributed by atoms with Crippen molar-refractivity contribution in [1.29, 1.82) is 0 Å². The Hall–Kier alpha value is -1.43. The van der Waals surface area contributed by atoms with Crippen molar-refractivity contribution in [1.82, 2.24) is 0 Å². The van der Waals surface area contributed by atoms with Crippen LogP contribution in [0.2, 0.25) is 0 Å². The van der Waals surface area contributed by atoms with Gasteiger partial charge in [0.05, 0.1) is 0 Å². The average molecular weight is 264 g/mol. The third kappa shape index (κ3) is 3.80. The molecule has 2 nitrogen and oxygen atoms in total. The van der Waals surface area contributed by atoms with Crippen molar-refractivity contribution in [3.8, 4) is 0 Å². The Morgan fingerprint density at radius 1 is 1.17 bits per heavy atom. The summed E-state index contributed by atoms with van der Waals surface area (Å²) >= 11 is 0. The lowest BCUT2D eigenvalue weighted by Crippen LogP contribution is -2.34. The fourth-order valence-electron chi connectivity index (χ4n) is 1.29. The Morgan fingerprint density at radius 3 is 2.11 bits per heavy atom. The highest BCUT2D eigenvalue weighted by molar-refractivity contribution is 5.99. The van der Waals surface area contributed by atoms with Crippen LogP contribution in [0.15, 0.2) is 24.3 Å². The molecule has 0 N–H and O–H groups in total. The first kappa shape index (κ1) is 14.6. The summed E-state index contributed by atoms with van der Waals surface area (Å²) in [6, 6.07) is 4.53. The summed E-state index contributed by atoms with van der Waals surface area (Å²) in [5.41, 5.74) is 0.110. The Kier molecular flexibility index (Phi) is 4.45. The maximum atomic E-state index is 12.6. The van der Waals surface area contributed by atoms with Crippen LogP contribution in [0, 0.1) is 5.82 Å². The lowest BCUT2D eigenvalue weighted by molar-refractivity contribution is -0.219. The Balaban J connectivity index is 2.70. The zero-order chi connectivity index (χ0) is 13.9. The van der Waals surface area contributed by atoms with Crippen LogP contribution in [0.5, 0.6) is 0 Å². The van der Waals surface area contributed by atoms with Crippen molar-refractivity contribution >= 4 is 5.78 Å². The van der Waals surface area contributed by atoms with Crippen molar-refractivity contribution in [2.75, 3.05) is 0 Å². The molecular formula is C12H12F4O2. The number of hydrogen-bond acceptors (Lipinski definition) is 2. The molecule has 0 heterocycles. The fourth-order valence-corrected chi connectivity index (χ4v) is 1.29. The molecule has 1 aromatic rings. The molecule has 0 aromatic heterocycles. The zero-order valence-electron chi connectivity index (χ0n) is 9.79. The molecular weight excluding hydrogens is 252 g/mol. The molecule has 100 valence electrons. The average Bonchev–Trinajstić information content (AvgIpc) is 2.27. The topological polar surface area (TPSA) is 26.3 Å². The standard InChI is InChI=1S/C12H12F4O2/c1-7(18-8(2)12(14,15)16)11(17)9-3-5-10(13)6-4-9/h3-8H,1-2H3. The molecule has 1 rings (SSSR count). The first-order valence-corrected chi connectivity index (χ1v) is 5.23. The summed E-state index contributed by atoms with van der Waals surface area (Å²) in [6.45, 7) is 2.06. The van der Waals surface area contributed by atoms with E-state index in [1.165, 1.54) is 19.1 Å². The second-order valence-electron chi connectivity index (χ2n) is 3.83. The third-order valence-electron chi connectivity index (χ3n) is 2.37. The first-order chi connectivity index (χ1) is 8.21. The van der Waals surface area contributed by atoms with Crippen LogP contribution in [0.25, 0.3) is 0 Å². The van der Waals surface area contributed by atoms with Gasteiger partial charge in [0.15, 0.2) is 11.9 Å². The van der Waals surface area contributed by atoms with Gasteiger partial charge in [0.2, 0.25) is 0 Å². The molecule has 2 unspecified atom stereocenters. The molecule has 0 saturated carbocycles. The lowest BCUT2D eigenvalue weighted by atomic mass is 10.1. The monoisotopic (exact) mass is 264 g/mol. The van der Waals surface area contributed by atoms with Gasteiger partial charge in [0, 0.05) is 5.56 Å². The van der Waals surface area contributed by atoms with E-state index in [4.69, 9.17) is 0 Å². The summed E-state index contributed by atoms with van der Waals surface area (Å²) in [5.74, 6) is -1.14. The summed E-state index contributed by atoms with van der Waals surface area (Å²) in [6.07, 6.45) is -7.79. The largest absolute Gasteiger partial charge is 0.414 e. The highest BCUT2D eigenvalue weighted by Crippen LogP contribution is 2.24. The van der Waals surface area contributed by atoms with Gasteiger partial charge in [-0.2, -0.15) is 13.2 Å². The van der Waals surface area contributed by atoms with Crippen LogP contribution in [0.1, 0.15) is 24.2 Å². The number of carbonyl (C=O) groups excluding carboxylic acids is 1. The molecule has 0 fully saturated rings. The molecule has 0 radical (unpaired) electrons. The van der Waals surface area contributed by atoms with E-state index in [1.54, 1.807) is 0 Å². The number of hydrogen-bond donors (Lipinski definition) is 0. The fraction of sp³-hybridized carbons (Fsp3) is 0.417. The van der Waals surface area contributed by atoms with E-state index in [1.807, 2.05) is 0 Å². The van der Waals surface area contributed by atoms with Crippen molar-refractivity contribution in [3.63, 3.8) is 0 Å². The molecule has 0 aliphatic carbocycles. The lowest BCUT2D eigenvalue weighted by Gasteiger charge is -2.20. The van der Waals surface area contributed by atoms with Crippen LogP contribution in [-0.4, -0.2) is 24.2 Å². The predicted molar refractivity (Wildman–Crippen MR) is 56.8 cm³/mol. The van der Waals surface area contributed by atoms with E-state index in [0.717, 1.165) is 19.1 Å². The van der Waals surface area contributed by atoms with E-state index in [2.05, 4.69) is 4.74 Å². The van der Waals surface area contributed by atoms with Crippen LogP contribution in [0.3, 0.4) is 0 Å². The number of halogens is 4. The number of rotatable bonds is 4. The molecule has 2 atom stereocenters. The van der Waals surface area contributed by atoms with Gasteiger partial charge in [-0.25, -0.2) is 4.39 Å². The SMILES string of the molecule is CC(OC(C)C(F)(F)F)C(=O)c1ccc(F)cc1. The minimum absolute atomic E-state index is 0.110. The van der Waals surface area contributed by atoms with Crippen molar-refractivity contribution in [2.24, 2.45) is 0 Å². The second-order valence-corrected chi connectivity index (χ2v) is 3.83. The third-order valence-corrected chi connectivity index (χ3v) is 2.37. The summed E-state index contributed by atoms with van der Waals surface area (Å²) in [4.78, 5) is 11.7. The number of alkyl halides is 3. The summed E-state index contributed by atoms with van der Waals surface area (Å²) < 4.78 is 53.9. The molecule has 0 spiro atoms. The quantitative estimate of drug-likeness (QED) is 0.615. The van der Waals surface area contributed by atoms with Gasteiger partial charge >= 0.3 is 6.18 Å². The molecule has 0 bridgehead atoms. The molecule has 0 saturated heterocycles. The van der Waals surface area contributed by atoms with Gasteiger partial charge in [0.1, 0.15) is 11.9 Å². The predicted octanol–water partition coefficient (Wildman–Crippen LogP) is 3.36. The van der Waals surface area contributed by atoms with E-state index < -0.39 is 30.0 Å². The van der Waals surface area contributed by atoms with Gasteiger partial charge in [-0.1, -0.05) is 0 Å². The highest BCUT2D eigenvalue weighted by Gasteiger charge is 2.38. The van der Waals surface area contributed by atoms with Crippen LogP contribution >= 0.6 is 0 Å². The molecule has 1 aromatic carbocycles. The number of carbonyl (C=O) groups is 1. The van der Waals surface area contributed by atoms with Crippen molar-refractivity contribution in [3.05, 3.63) is 35.6 Å². The van der Waals surface area contributed by atoms with E-state index in [0.29, 0.717) is 0 Å². The summed E-state index contributed by atoms with van der Waals surface area (Å²) in [7, 11) is 0. The number of ether oxygens (including phenoxy) is 1. The Labute approximate surface area is 102 Å². The summed E-state index contributed by atoms with van der Waals surface area (Å²) in [5, 5.41) is 0. The van der Waals surface area contributed by atoms with Crippen molar-refractivity contribution < 1.29 is 27.1 Å². The molecule has 18 heavy (non-hydrogen) atoms. The van der Waals surface area contributed by atoms with Crippen LogP contribution in [0.4, 0.5) is 17.6 Å². The second kappa shape index (κ2) is 5.48. The number of benzene rings is 1. The van der Waals surface area contributed by atoms with Gasteiger partial charge < -0.3 is 4.74 Å². The van der Waals surface area contributed by atoms with Crippen LogP contribution in [-0.2, 0) is 4.74 Å². The van der Waals surface area contributed by atoms with Crippen LogP contribution < -0.4 is 0 Å². The van der Waals surface area contributed by atoms with Crippen molar-refractivity contribution in [2.45, 2.75) is 32.2 Å². The highest BCUT2D eigenvalue weighted by atomic mass is 19.4. The number of Topliss-reactive ketones (excluding diaryl/α,β-unsaturated/α-hetero) is 1. The molecule has 0 aliphatic rings. The maximum absolute atomic E-state index is 12.6.